The summed E-state index contributed by atoms with van der Waals surface area (Å²) in [6, 6.07) is 0. The van der Waals surface area contributed by atoms with E-state index in [-0.39, 0.29) is 0 Å². The van der Waals surface area contributed by atoms with Gasteiger partial charge in [0.2, 0.25) is 0 Å². The second-order valence-corrected chi connectivity index (χ2v) is 3.45. The fraction of sp³-hybridized carbons (Fsp3) is 0.556. The van der Waals surface area contributed by atoms with E-state index in [4.69, 9.17) is 4.74 Å². The van der Waals surface area contributed by atoms with Gasteiger partial charge in [0.05, 0.1) is 11.6 Å². The number of nitrogens with zero attached hydrogens (tertiary/aromatic N) is 1. The Bertz CT molecular complexity index is 168. The van der Waals surface area contributed by atoms with Crippen LogP contribution in [0.2, 0.25) is 0 Å². The fourth-order valence-electron chi connectivity index (χ4n) is 0.576. The molecular weight excluding hydrogens is 170 g/mol. The average Bonchev–Trinajstić information content (AvgIpc) is 2.03. The zero-order valence-corrected chi connectivity index (χ0v) is 8.91. The number of thioether (sulfide) groups is 1. The molecule has 0 fully saturated rings. The van der Waals surface area contributed by atoms with Crippen LogP contribution in [0.3, 0.4) is 0 Å². The van der Waals surface area contributed by atoms with E-state index in [1.807, 2.05) is 14.0 Å². The molecule has 12 heavy (non-hydrogen) atoms. The SMILES string of the molecule is C=C(OCC)SC(=C)N(C)CC. The number of ether oxygens (including phenoxy) is 1. The standard InChI is InChI=1S/C9H17NOS/c1-6-10(5)8(3)12-9(4)11-7-2/h3-4,6-7H2,1-2,5H3. The van der Waals surface area contributed by atoms with E-state index < -0.39 is 0 Å². The molecule has 0 aromatic carbocycles. The van der Waals surface area contributed by atoms with Crippen LogP contribution in [0.1, 0.15) is 13.8 Å². The molecule has 2 nitrogen and oxygen atoms in total. The first kappa shape index (κ1) is 11.4. The summed E-state index contributed by atoms with van der Waals surface area (Å²) >= 11 is 1.47. The summed E-state index contributed by atoms with van der Waals surface area (Å²) in [7, 11) is 1.99. The molecule has 0 aliphatic carbocycles. The van der Waals surface area contributed by atoms with E-state index in [2.05, 4.69) is 25.0 Å². The zero-order valence-electron chi connectivity index (χ0n) is 8.09. The minimum absolute atomic E-state index is 0.662. The van der Waals surface area contributed by atoms with E-state index in [0.717, 1.165) is 11.6 Å². The first-order chi connectivity index (χ1) is 5.61. The molecule has 0 aliphatic rings. The largest absolute Gasteiger partial charge is 0.488 e. The quantitative estimate of drug-likeness (QED) is 0.593. The van der Waals surface area contributed by atoms with Crippen molar-refractivity contribution in [3.63, 3.8) is 0 Å². The molecule has 70 valence electrons. The van der Waals surface area contributed by atoms with Gasteiger partial charge in [0.15, 0.2) is 5.09 Å². The lowest BCUT2D eigenvalue weighted by Crippen LogP contribution is -2.14. The molecule has 3 heteroatoms. The average molecular weight is 187 g/mol. The Morgan fingerprint density at radius 2 is 2.00 bits per heavy atom. The van der Waals surface area contributed by atoms with Gasteiger partial charge in [-0.15, -0.1) is 0 Å². The van der Waals surface area contributed by atoms with Gasteiger partial charge in [0.1, 0.15) is 0 Å². The van der Waals surface area contributed by atoms with Gasteiger partial charge >= 0.3 is 0 Å². The van der Waals surface area contributed by atoms with Crippen LogP contribution in [0, 0.1) is 0 Å². The molecule has 0 bridgehead atoms. The van der Waals surface area contributed by atoms with E-state index >= 15 is 0 Å². The maximum Gasteiger partial charge on any atom is 0.152 e. The second-order valence-electron chi connectivity index (χ2n) is 2.31. The third kappa shape index (κ3) is 4.34. The van der Waals surface area contributed by atoms with Crippen LogP contribution in [0.4, 0.5) is 0 Å². The van der Waals surface area contributed by atoms with Gasteiger partial charge in [-0.2, -0.15) is 0 Å². The summed E-state index contributed by atoms with van der Waals surface area (Å²) in [5.41, 5.74) is 0. The Morgan fingerprint density at radius 1 is 1.42 bits per heavy atom. The second kappa shape index (κ2) is 6.00. The molecule has 0 unspecified atom stereocenters. The van der Waals surface area contributed by atoms with Gasteiger partial charge in [0, 0.05) is 13.6 Å². The molecule has 0 N–H and O–H groups in total. The molecule has 0 radical (unpaired) electrons. The highest BCUT2D eigenvalue weighted by atomic mass is 32.2. The van der Waals surface area contributed by atoms with Gasteiger partial charge in [-0.25, -0.2) is 0 Å². The van der Waals surface area contributed by atoms with Crippen LogP contribution < -0.4 is 0 Å². The maximum absolute atomic E-state index is 5.19. The number of hydrogen-bond donors (Lipinski definition) is 0. The number of hydrogen-bond acceptors (Lipinski definition) is 3. The molecule has 0 spiro atoms. The summed E-state index contributed by atoms with van der Waals surface area (Å²) in [5, 5.41) is 1.68. The third-order valence-corrected chi connectivity index (χ3v) is 2.33. The lowest BCUT2D eigenvalue weighted by molar-refractivity contribution is 0.259. The van der Waals surface area contributed by atoms with Crippen LogP contribution in [-0.4, -0.2) is 25.1 Å². The Kier molecular flexibility index (Phi) is 5.72. The minimum Gasteiger partial charge on any atom is -0.488 e. The highest BCUT2D eigenvalue weighted by Crippen LogP contribution is 2.24. The van der Waals surface area contributed by atoms with Crippen molar-refractivity contribution in [3.05, 3.63) is 23.3 Å². The van der Waals surface area contributed by atoms with Crippen LogP contribution in [-0.2, 0) is 4.74 Å². The summed E-state index contributed by atoms with van der Waals surface area (Å²) < 4.78 is 5.19. The first-order valence-corrected chi connectivity index (χ1v) is 4.83. The van der Waals surface area contributed by atoms with E-state index in [1.54, 1.807) is 0 Å². The monoisotopic (exact) mass is 187 g/mol. The van der Waals surface area contributed by atoms with Gasteiger partial charge in [-0.3, -0.25) is 0 Å². The van der Waals surface area contributed by atoms with Gasteiger partial charge in [-0.05, 0) is 32.2 Å². The zero-order chi connectivity index (χ0) is 9.56. The molecule has 0 aromatic rings. The first-order valence-electron chi connectivity index (χ1n) is 4.01. The molecular formula is C9H17NOS. The van der Waals surface area contributed by atoms with Crippen LogP contribution >= 0.6 is 11.8 Å². The summed E-state index contributed by atoms with van der Waals surface area (Å²) in [4.78, 5) is 2.05. The number of rotatable bonds is 6. The third-order valence-electron chi connectivity index (χ3n) is 1.44. The van der Waals surface area contributed by atoms with Crippen molar-refractivity contribution in [3.8, 4) is 0 Å². The van der Waals surface area contributed by atoms with Gasteiger partial charge in [-0.1, -0.05) is 6.58 Å². The lowest BCUT2D eigenvalue weighted by atomic mass is 10.6. The topological polar surface area (TPSA) is 12.5 Å². The smallest absolute Gasteiger partial charge is 0.152 e. The van der Waals surface area contributed by atoms with Crippen LogP contribution in [0.25, 0.3) is 0 Å². The molecule has 0 saturated heterocycles. The maximum atomic E-state index is 5.19. The summed E-state index contributed by atoms with van der Waals surface area (Å²) in [6.07, 6.45) is 0. The lowest BCUT2D eigenvalue weighted by Gasteiger charge is -2.19. The Balaban J connectivity index is 3.76. The fourth-order valence-corrected chi connectivity index (χ4v) is 1.30. The molecule has 0 aliphatic heterocycles. The normalized spacial score (nSPS) is 9.25. The summed E-state index contributed by atoms with van der Waals surface area (Å²) in [5.74, 6) is 0. The van der Waals surface area contributed by atoms with Crippen molar-refractivity contribution in [1.29, 1.82) is 0 Å². The van der Waals surface area contributed by atoms with E-state index in [0.29, 0.717) is 11.7 Å². The van der Waals surface area contributed by atoms with E-state index in [9.17, 15) is 0 Å². The van der Waals surface area contributed by atoms with Gasteiger partial charge in [0.25, 0.3) is 0 Å². The van der Waals surface area contributed by atoms with Crippen molar-refractivity contribution >= 4 is 11.8 Å². The molecule has 0 heterocycles. The molecule has 0 amide bonds. The summed E-state index contributed by atoms with van der Waals surface area (Å²) in [6.45, 7) is 13.3. The van der Waals surface area contributed by atoms with Crippen molar-refractivity contribution in [2.45, 2.75) is 13.8 Å². The molecule has 0 rings (SSSR count). The predicted molar refractivity (Wildman–Crippen MR) is 55.8 cm³/mol. The Morgan fingerprint density at radius 3 is 2.42 bits per heavy atom. The van der Waals surface area contributed by atoms with Crippen molar-refractivity contribution in [2.75, 3.05) is 20.2 Å². The Hall–Kier alpha value is -0.570. The Labute approximate surface area is 79.3 Å². The predicted octanol–water partition coefficient (Wildman–Crippen LogP) is 2.65. The van der Waals surface area contributed by atoms with Crippen LogP contribution in [0.15, 0.2) is 23.3 Å². The van der Waals surface area contributed by atoms with Crippen molar-refractivity contribution in [1.82, 2.24) is 4.90 Å². The molecule has 0 aromatic heterocycles. The van der Waals surface area contributed by atoms with Crippen LogP contribution in [0.5, 0.6) is 0 Å². The molecule has 0 atom stereocenters. The minimum atomic E-state index is 0.662. The van der Waals surface area contributed by atoms with Gasteiger partial charge < -0.3 is 9.64 Å². The molecule has 0 saturated carbocycles. The van der Waals surface area contributed by atoms with E-state index in [1.165, 1.54) is 11.8 Å². The highest BCUT2D eigenvalue weighted by molar-refractivity contribution is 8.06. The van der Waals surface area contributed by atoms with Crippen molar-refractivity contribution in [2.24, 2.45) is 0 Å². The highest BCUT2D eigenvalue weighted by Gasteiger charge is 2.02. The van der Waals surface area contributed by atoms with Crippen molar-refractivity contribution < 1.29 is 4.74 Å².